The largest absolute Gasteiger partial charge is 0.475 e. The number of aryl methyl sites for hydroxylation is 1. The molecule has 1 aliphatic rings. The molecule has 1 aliphatic heterocycles. The zero-order chi connectivity index (χ0) is 20.7. The zero-order valence-electron chi connectivity index (χ0n) is 16.9. The Morgan fingerprint density at radius 1 is 1.17 bits per heavy atom. The van der Waals surface area contributed by atoms with Gasteiger partial charge in [0.1, 0.15) is 12.4 Å². The molecule has 1 saturated heterocycles. The number of nitrogens with zero attached hydrogens (tertiary/aromatic N) is 1. The Hall–Kier alpha value is -2.51. The highest BCUT2D eigenvalue weighted by Crippen LogP contribution is 2.36. The first-order valence-electron chi connectivity index (χ1n) is 9.88. The van der Waals surface area contributed by atoms with Gasteiger partial charge in [0.2, 0.25) is 11.8 Å². The van der Waals surface area contributed by atoms with Crippen molar-refractivity contribution < 1.29 is 23.4 Å². The minimum atomic E-state index is -0.759. The Balaban J connectivity index is 1.75. The van der Waals surface area contributed by atoms with Crippen LogP contribution in [0.4, 0.5) is 10.1 Å². The smallest absolute Gasteiger partial charge is 0.235 e. The van der Waals surface area contributed by atoms with E-state index in [2.05, 4.69) is 10.3 Å². The van der Waals surface area contributed by atoms with E-state index in [4.69, 9.17) is 14.2 Å². The lowest BCUT2D eigenvalue weighted by Gasteiger charge is -2.36. The van der Waals surface area contributed by atoms with Crippen LogP contribution >= 0.6 is 0 Å². The third-order valence-electron chi connectivity index (χ3n) is 5.17. The number of rotatable bonds is 8. The summed E-state index contributed by atoms with van der Waals surface area (Å²) in [5.74, 6) is 0.0261. The second-order valence-electron chi connectivity index (χ2n) is 6.98. The highest BCUT2D eigenvalue weighted by Gasteiger charge is 2.42. The number of carbonyl (C=O) groups excluding carboxylic acids is 1. The molecule has 1 fully saturated rings. The lowest BCUT2D eigenvalue weighted by molar-refractivity contribution is -0.125. The number of nitrogens with one attached hydrogen (secondary N) is 1. The van der Waals surface area contributed by atoms with Gasteiger partial charge in [-0.15, -0.1) is 0 Å². The fraction of sp³-hybridized carbons (Fsp3) is 0.455. The van der Waals surface area contributed by atoms with Gasteiger partial charge in [0.15, 0.2) is 0 Å². The molecule has 1 aromatic carbocycles. The quantitative estimate of drug-likeness (QED) is 0.683. The summed E-state index contributed by atoms with van der Waals surface area (Å²) in [5, 5.41) is 3.01. The number of anilines is 1. The summed E-state index contributed by atoms with van der Waals surface area (Å²) in [7, 11) is 0. The van der Waals surface area contributed by atoms with E-state index in [0.717, 1.165) is 5.56 Å². The number of ether oxygens (including phenoxy) is 3. The van der Waals surface area contributed by atoms with Crippen molar-refractivity contribution in [2.24, 2.45) is 0 Å². The summed E-state index contributed by atoms with van der Waals surface area (Å²) >= 11 is 0. The van der Waals surface area contributed by atoms with Crippen molar-refractivity contribution in [1.29, 1.82) is 0 Å². The zero-order valence-corrected chi connectivity index (χ0v) is 16.9. The van der Waals surface area contributed by atoms with Gasteiger partial charge in [-0.25, -0.2) is 9.37 Å². The number of aromatic nitrogens is 1. The number of benzene rings is 1. The van der Waals surface area contributed by atoms with Crippen molar-refractivity contribution in [2.45, 2.75) is 32.1 Å². The number of hydrogen-bond acceptors (Lipinski definition) is 5. The molecule has 1 N–H and O–H groups in total. The molecular weight excluding hydrogens is 375 g/mol. The van der Waals surface area contributed by atoms with Gasteiger partial charge < -0.3 is 19.5 Å². The van der Waals surface area contributed by atoms with Crippen LogP contribution in [0, 0.1) is 12.7 Å². The van der Waals surface area contributed by atoms with E-state index >= 15 is 0 Å². The highest BCUT2D eigenvalue weighted by molar-refractivity contribution is 5.99. The molecule has 0 saturated carbocycles. The Bertz CT molecular complexity index is 820. The Labute approximate surface area is 170 Å². The second-order valence-corrected chi connectivity index (χ2v) is 6.98. The molecule has 0 radical (unpaired) electrons. The Kier molecular flexibility index (Phi) is 7.17. The van der Waals surface area contributed by atoms with Gasteiger partial charge in [-0.3, -0.25) is 4.79 Å². The van der Waals surface area contributed by atoms with E-state index in [1.54, 1.807) is 24.3 Å². The minimum absolute atomic E-state index is 0.137. The van der Waals surface area contributed by atoms with Gasteiger partial charge in [-0.2, -0.15) is 0 Å². The van der Waals surface area contributed by atoms with Gasteiger partial charge in [0.25, 0.3) is 0 Å². The minimum Gasteiger partial charge on any atom is -0.475 e. The van der Waals surface area contributed by atoms with Crippen LogP contribution in [0.15, 0.2) is 36.4 Å². The molecule has 29 heavy (non-hydrogen) atoms. The lowest BCUT2D eigenvalue weighted by atomic mass is 9.73. The fourth-order valence-corrected chi connectivity index (χ4v) is 3.48. The maximum atomic E-state index is 13.4. The number of pyridine rings is 1. The molecule has 1 amide bonds. The van der Waals surface area contributed by atoms with Crippen molar-refractivity contribution >= 4 is 11.6 Å². The van der Waals surface area contributed by atoms with Crippen LogP contribution in [0.5, 0.6) is 5.88 Å². The molecule has 0 aliphatic carbocycles. The molecule has 0 bridgehead atoms. The fourth-order valence-electron chi connectivity index (χ4n) is 3.48. The molecule has 7 heteroatoms. The lowest BCUT2D eigenvalue weighted by Crippen LogP contribution is -2.45. The van der Waals surface area contributed by atoms with E-state index in [9.17, 15) is 9.18 Å². The van der Waals surface area contributed by atoms with Crippen molar-refractivity contribution in [3.05, 3.63) is 53.5 Å². The maximum Gasteiger partial charge on any atom is 0.235 e. The number of carbonyl (C=O) groups is 1. The van der Waals surface area contributed by atoms with Gasteiger partial charge in [0.05, 0.1) is 23.4 Å². The highest BCUT2D eigenvalue weighted by atomic mass is 19.1. The topological polar surface area (TPSA) is 69.7 Å². The van der Waals surface area contributed by atoms with Crippen LogP contribution < -0.4 is 10.1 Å². The maximum absolute atomic E-state index is 13.4. The summed E-state index contributed by atoms with van der Waals surface area (Å²) < 4.78 is 29.7. The average Bonchev–Trinajstić information content (AvgIpc) is 2.74. The Morgan fingerprint density at radius 3 is 2.55 bits per heavy atom. The second kappa shape index (κ2) is 9.80. The Morgan fingerprint density at radius 2 is 1.90 bits per heavy atom. The first-order valence-corrected chi connectivity index (χ1v) is 9.88. The first kappa shape index (κ1) is 21.2. The van der Waals surface area contributed by atoms with Gasteiger partial charge in [0, 0.05) is 25.9 Å². The van der Waals surface area contributed by atoms with E-state index in [1.165, 1.54) is 12.1 Å². The third-order valence-corrected chi connectivity index (χ3v) is 5.17. The van der Waals surface area contributed by atoms with Crippen LogP contribution in [0.1, 0.15) is 31.0 Å². The van der Waals surface area contributed by atoms with Gasteiger partial charge in [-0.1, -0.05) is 12.1 Å². The molecule has 3 rings (SSSR count). The summed E-state index contributed by atoms with van der Waals surface area (Å²) in [5.41, 5.74) is 1.32. The van der Waals surface area contributed by atoms with Crippen molar-refractivity contribution in [3.63, 3.8) is 0 Å². The predicted molar refractivity (Wildman–Crippen MR) is 108 cm³/mol. The van der Waals surface area contributed by atoms with Crippen LogP contribution in [-0.2, 0) is 19.7 Å². The molecular formula is C22H27FN2O4. The molecule has 2 aromatic rings. The SMILES string of the molecule is CCOCCOc1ccc(NC(=O)C2(c3ccc(F)cc3)CCOCC2)c(C)n1. The van der Waals surface area contributed by atoms with Gasteiger partial charge in [-0.05, 0) is 50.5 Å². The standard InChI is InChI=1S/C22H27FN2O4/c1-3-27-14-15-29-20-9-8-19(16(2)24-20)25-21(26)22(10-12-28-13-11-22)17-4-6-18(23)7-5-17/h4-9H,3,10-15H2,1-2H3,(H,25,26). The van der Waals surface area contributed by atoms with Crippen molar-refractivity contribution in [3.8, 4) is 5.88 Å². The number of hydrogen-bond donors (Lipinski definition) is 1. The summed E-state index contributed by atoms with van der Waals surface area (Å²) in [6.45, 7) is 6.26. The van der Waals surface area contributed by atoms with Gasteiger partial charge >= 0.3 is 0 Å². The van der Waals surface area contributed by atoms with E-state index < -0.39 is 5.41 Å². The summed E-state index contributed by atoms with van der Waals surface area (Å²) in [4.78, 5) is 17.7. The van der Waals surface area contributed by atoms with Crippen LogP contribution in [-0.4, -0.2) is 43.9 Å². The van der Waals surface area contributed by atoms with E-state index in [1.807, 2.05) is 13.8 Å². The molecule has 2 heterocycles. The normalized spacial score (nSPS) is 15.7. The van der Waals surface area contributed by atoms with E-state index in [0.29, 0.717) is 63.1 Å². The van der Waals surface area contributed by atoms with Crippen molar-refractivity contribution in [1.82, 2.24) is 4.98 Å². The third kappa shape index (κ3) is 5.10. The first-order chi connectivity index (χ1) is 14.0. The monoisotopic (exact) mass is 402 g/mol. The molecule has 0 atom stereocenters. The summed E-state index contributed by atoms with van der Waals surface area (Å²) in [6, 6.07) is 9.65. The predicted octanol–water partition coefficient (Wildman–Crippen LogP) is 3.63. The molecule has 6 nitrogen and oxygen atoms in total. The van der Waals surface area contributed by atoms with Crippen LogP contribution in [0.3, 0.4) is 0 Å². The molecule has 0 spiro atoms. The molecule has 0 unspecified atom stereocenters. The van der Waals surface area contributed by atoms with Crippen LogP contribution in [0.2, 0.25) is 0 Å². The van der Waals surface area contributed by atoms with E-state index in [-0.39, 0.29) is 11.7 Å². The number of amides is 1. The molecule has 1 aromatic heterocycles. The van der Waals surface area contributed by atoms with Crippen LogP contribution in [0.25, 0.3) is 0 Å². The van der Waals surface area contributed by atoms with Crippen molar-refractivity contribution in [2.75, 3.05) is 38.4 Å². The molecule has 156 valence electrons. The summed E-state index contributed by atoms with van der Waals surface area (Å²) in [6.07, 6.45) is 1.07. The number of halogens is 1. The average molecular weight is 402 g/mol.